The average molecular weight is 225 g/mol. The fraction of sp³-hybridized carbons (Fsp3) is 0.500. The molecule has 90 valence electrons. The Morgan fingerprint density at radius 3 is 2.31 bits per heavy atom. The van der Waals surface area contributed by atoms with Gasteiger partial charge in [0.25, 0.3) is 0 Å². The molecule has 0 aliphatic carbocycles. The maximum Gasteiger partial charge on any atom is 0.128 e. The number of nitrogens with one attached hydrogen (secondary N) is 1. The summed E-state index contributed by atoms with van der Waals surface area (Å²) in [6, 6.07) is 6.43. The Balaban J connectivity index is 3.13. The van der Waals surface area contributed by atoms with Gasteiger partial charge in [-0.25, -0.2) is 4.39 Å². The van der Waals surface area contributed by atoms with Crippen molar-refractivity contribution < 1.29 is 4.39 Å². The molecule has 3 N–H and O–H groups in total. The summed E-state index contributed by atoms with van der Waals surface area (Å²) >= 11 is 0. The van der Waals surface area contributed by atoms with Crippen LogP contribution in [0.5, 0.6) is 0 Å². The van der Waals surface area contributed by atoms with Gasteiger partial charge in [0.05, 0.1) is 6.04 Å². The third-order valence-corrected chi connectivity index (χ3v) is 3.24. The lowest BCUT2D eigenvalue weighted by Gasteiger charge is -2.40. The SMILES string of the molecule is CN(C)C(C)(C)C(NN)c1ccccc1F. The molecule has 0 spiro atoms. The van der Waals surface area contributed by atoms with Crippen LogP contribution < -0.4 is 11.3 Å². The first-order valence-corrected chi connectivity index (χ1v) is 5.29. The van der Waals surface area contributed by atoms with Gasteiger partial charge in [0.1, 0.15) is 5.82 Å². The van der Waals surface area contributed by atoms with Gasteiger partial charge in [0.2, 0.25) is 0 Å². The number of benzene rings is 1. The summed E-state index contributed by atoms with van der Waals surface area (Å²) in [7, 11) is 3.90. The Kier molecular flexibility index (Phi) is 4.02. The van der Waals surface area contributed by atoms with Gasteiger partial charge in [-0.1, -0.05) is 18.2 Å². The summed E-state index contributed by atoms with van der Waals surface area (Å²) < 4.78 is 13.7. The number of hydrazine groups is 1. The van der Waals surface area contributed by atoms with Gasteiger partial charge >= 0.3 is 0 Å². The van der Waals surface area contributed by atoms with Crippen molar-refractivity contribution in [3.63, 3.8) is 0 Å². The number of nitrogens with zero attached hydrogens (tertiary/aromatic N) is 1. The van der Waals surface area contributed by atoms with E-state index in [1.165, 1.54) is 6.07 Å². The molecular formula is C12H20FN3. The molecule has 4 heteroatoms. The van der Waals surface area contributed by atoms with Crippen LogP contribution in [0.1, 0.15) is 25.5 Å². The van der Waals surface area contributed by atoms with Gasteiger partial charge < -0.3 is 4.90 Å². The summed E-state index contributed by atoms with van der Waals surface area (Å²) in [6.45, 7) is 4.04. The molecule has 0 fully saturated rings. The van der Waals surface area contributed by atoms with Gasteiger partial charge in [-0.2, -0.15) is 0 Å². The lowest BCUT2D eigenvalue weighted by Crippen LogP contribution is -2.51. The molecule has 0 radical (unpaired) electrons. The molecule has 1 aromatic rings. The molecule has 0 aliphatic rings. The molecular weight excluding hydrogens is 205 g/mol. The van der Waals surface area contributed by atoms with Crippen molar-refractivity contribution in [1.82, 2.24) is 10.3 Å². The molecule has 0 saturated carbocycles. The topological polar surface area (TPSA) is 41.3 Å². The molecule has 1 unspecified atom stereocenters. The van der Waals surface area contributed by atoms with Gasteiger partial charge in [0.15, 0.2) is 0 Å². The van der Waals surface area contributed by atoms with E-state index >= 15 is 0 Å². The number of hydrogen-bond donors (Lipinski definition) is 2. The lowest BCUT2D eigenvalue weighted by molar-refractivity contribution is 0.136. The Bertz CT molecular complexity index is 350. The molecule has 0 heterocycles. The first kappa shape index (κ1) is 13.1. The predicted molar refractivity (Wildman–Crippen MR) is 64.2 cm³/mol. The first-order valence-electron chi connectivity index (χ1n) is 5.29. The normalized spacial score (nSPS) is 14.2. The quantitative estimate of drug-likeness (QED) is 0.605. The minimum Gasteiger partial charge on any atom is -0.302 e. The highest BCUT2D eigenvalue weighted by atomic mass is 19.1. The minimum atomic E-state index is -0.281. The average Bonchev–Trinajstić information content (AvgIpc) is 2.21. The van der Waals surface area contributed by atoms with Gasteiger partial charge in [0, 0.05) is 11.1 Å². The van der Waals surface area contributed by atoms with Crippen molar-refractivity contribution in [3.8, 4) is 0 Å². The zero-order valence-electron chi connectivity index (χ0n) is 10.3. The molecule has 3 nitrogen and oxygen atoms in total. The smallest absolute Gasteiger partial charge is 0.128 e. The van der Waals surface area contributed by atoms with E-state index in [9.17, 15) is 4.39 Å². The maximum atomic E-state index is 13.7. The van der Waals surface area contributed by atoms with E-state index < -0.39 is 0 Å². The Hall–Kier alpha value is -0.970. The maximum absolute atomic E-state index is 13.7. The van der Waals surface area contributed by atoms with Crippen molar-refractivity contribution in [3.05, 3.63) is 35.6 Å². The molecule has 1 rings (SSSR count). The molecule has 16 heavy (non-hydrogen) atoms. The van der Waals surface area contributed by atoms with Crippen molar-refractivity contribution in [2.75, 3.05) is 14.1 Å². The minimum absolute atomic E-state index is 0.236. The second-order valence-corrected chi connectivity index (χ2v) is 4.67. The van der Waals surface area contributed by atoms with Gasteiger partial charge in [-0.15, -0.1) is 0 Å². The Labute approximate surface area is 96.4 Å². The Morgan fingerprint density at radius 2 is 1.88 bits per heavy atom. The van der Waals surface area contributed by atoms with Crippen LogP contribution >= 0.6 is 0 Å². The molecule has 0 aliphatic heterocycles. The van der Waals surface area contributed by atoms with E-state index in [2.05, 4.69) is 5.43 Å². The van der Waals surface area contributed by atoms with Crippen molar-refractivity contribution in [2.45, 2.75) is 25.4 Å². The van der Waals surface area contributed by atoms with Crippen molar-refractivity contribution >= 4 is 0 Å². The zero-order chi connectivity index (χ0) is 12.3. The van der Waals surface area contributed by atoms with Crippen LogP contribution in [0.25, 0.3) is 0 Å². The summed E-state index contributed by atoms with van der Waals surface area (Å²) in [6.07, 6.45) is 0. The van der Waals surface area contributed by atoms with Crippen LogP contribution in [0.2, 0.25) is 0 Å². The van der Waals surface area contributed by atoms with E-state index in [0.29, 0.717) is 5.56 Å². The largest absolute Gasteiger partial charge is 0.302 e. The molecule has 0 bridgehead atoms. The fourth-order valence-electron chi connectivity index (χ4n) is 1.64. The molecule has 1 atom stereocenters. The Morgan fingerprint density at radius 1 is 1.31 bits per heavy atom. The third kappa shape index (κ3) is 2.40. The van der Waals surface area contributed by atoms with Crippen molar-refractivity contribution in [2.24, 2.45) is 5.84 Å². The van der Waals surface area contributed by atoms with Gasteiger partial charge in [-0.3, -0.25) is 11.3 Å². The van der Waals surface area contributed by atoms with E-state index in [4.69, 9.17) is 5.84 Å². The molecule has 0 amide bonds. The second-order valence-electron chi connectivity index (χ2n) is 4.67. The van der Waals surface area contributed by atoms with Crippen LogP contribution in [0, 0.1) is 5.82 Å². The highest BCUT2D eigenvalue weighted by Gasteiger charge is 2.33. The summed E-state index contributed by atoms with van der Waals surface area (Å²) in [5.74, 6) is 5.32. The van der Waals surface area contributed by atoms with E-state index in [1.807, 2.05) is 38.9 Å². The summed E-state index contributed by atoms with van der Waals surface area (Å²) in [4.78, 5) is 2.02. The van der Waals surface area contributed by atoms with Crippen LogP contribution in [0.4, 0.5) is 4.39 Å². The number of likely N-dealkylation sites (N-methyl/N-ethyl adjacent to an activating group) is 1. The van der Waals surface area contributed by atoms with Crippen LogP contribution in [-0.2, 0) is 0 Å². The number of halogens is 1. The second kappa shape index (κ2) is 4.91. The fourth-order valence-corrected chi connectivity index (χ4v) is 1.64. The van der Waals surface area contributed by atoms with E-state index in [1.54, 1.807) is 12.1 Å². The highest BCUT2D eigenvalue weighted by Crippen LogP contribution is 2.30. The summed E-state index contributed by atoms with van der Waals surface area (Å²) in [5.41, 5.74) is 3.01. The number of hydrogen-bond acceptors (Lipinski definition) is 3. The molecule has 1 aromatic carbocycles. The predicted octanol–water partition coefficient (Wildman–Crippen LogP) is 1.67. The number of nitrogens with two attached hydrogens (primary N) is 1. The van der Waals surface area contributed by atoms with Crippen molar-refractivity contribution in [1.29, 1.82) is 0 Å². The third-order valence-electron chi connectivity index (χ3n) is 3.24. The van der Waals surface area contributed by atoms with E-state index in [0.717, 1.165) is 0 Å². The molecule has 0 saturated heterocycles. The highest BCUT2D eigenvalue weighted by molar-refractivity contribution is 5.24. The summed E-state index contributed by atoms with van der Waals surface area (Å²) in [5, 5.41) is 0. The standard InChI is InChI=1S/C12H20FN3/c1-12(2,16(3)4)11(15-14)9-7-5-6-8-10(9)13/h5-8,11,15H,14H2,1-4H3. The molecule has 0 aromatic heterocycles. The number of rotatable bonds is 4. The lowest BCUT2D eigenvalue weighted by atomic mass is 9.88. The van der Waals surface area contributed by atoms with Gasteiger partial charge in [-0.05, 0) is 34.0 Å². The van der Waals surface area contributed by atoms with Crippen LogP contribution in [-0.4, -0.2) is 24.5 Å². The van der Waals surface area contributed by atoms with E-state index in [-0.39, 0.29) is 17.4 Å². The van der Waals surface area contributed by atoms with Crippen LogP contribution in [0.15, 0.2) is 24.3 Å². The first-order chi connectivity index (χ1) is 7.41. The van der Waals surface area contributed by atoms with Crippen LogP contribution in [0.3, 0.4) is 0 Å². The monoisotopic (exact) mass is 225 g/mol. The zero-order valence-corrected chi connectivity index (χ0v) is 10.3.